The third kappa shape index (κ3) is 11.2. The van der Waals surface area contributed by atoms with E-state index in [1.54, 1.807) is 38.1 Å². The lowest BCUT2D eigenvalue weighted by Crippen LogP contribution is -2.54. The highest BCUT2D eigenvalue weighted by atomic mass is 35.5. The summed E-state index contributed by atoms with van der Waals surface area (Å²) in [6.07, 6.45) is -3.77. The molecule has 2 aromatic carbocycles. The van der Waals surface area contributed by atoms with Crippen molar-refractivity contribution in [1.29, 1.82) is 0 Å². The van der Waals surface area contributed by atoms with E-state index in [4.69, 9.17) is 54.7 Å². The number of likely N-dealkylation sites (N-methyl/N-ethyl adjacent to an activating group) is 1. The van der Waals surface area contributed by atoms with Gasteiger partial charge < -0.3 is 30.2 Å². The van der Waals surface area contributed by atoms with Crippen LogP contribution in [0.3, 0.4) is 0 Å². The number of nitrogens with zero attached hydrogens (tertiary/aromatic N) is 1. The molecule has 12 nitrogen and oxygen atoms in total. The normalized spacial score (nSPS) is 12.9. The van der Waals surface area contributed by atoms with E-state index < -0.39 is 52.9 Å². The number of carbonyl (C=O) groups is 3. The molecule has 16 heteroatoms. The van der Waals surface area contributed by atoms with E-state index in [9.17, 15) is 22.8 Å². The molecule has 2 atom stereocenters. The van der Waals surface area contributed by atoms with Gasteiger partial charge in [-0.2, -0.15) is 0 Å². The van der Waals surface area contributed by atoms with Crippen molar-refractivity contribution in [2.75, 3.05) is 33.4 Å². The molecule has 4 N–H and O–H groups in total. The minimum atomic E-state index is -4.28. The van der Waals surface area contributed by atoms with E-state index in [0.717, 1.165) is 0 Å². The molecule has 0 bridgehead atoms. The minimum Gasteiger partial charge on any atom is -0.435 e. The smallest absolute Gasteiger partial charge is 0.405 e. The van der Waals surface area contributed by atoms with E-state index in [1.807, 2.05) is 0 Å². The molecule has 232 valence electrons. The molecule has 0 heterocycles. The zero-order chi connectivity index (χ0) is 31.4. The van der Waals surface area contributed by atoms with Gasteiger partial charge in [-0.1, -0.05) is 46.9 Å². The van der Waals surface area contributed by atoms with Crippen molar-refractivity contribution in [2.24, 2.45) is 5.73 Å². The van der Waals surface area contributed by atoms with Crippen molar-refractivity contribution < 1.29 is 37.0 Å². The maximum absolute atomic E-state index is 13.5. The summed E-state index contributed by atoms with van der Waals surface area (Å²) < 4.78 is 43.8. The van der Waals surface area contributed by atoms with Crippen LogP contribution in [0.25, 0.3) is 0 Å². The second kappa shape index (κ2) is 16.8. The summed E-state index contributed by atoms with van der Waals surface area (Å²) in [7, 11) is -2.77. The Hall–Kier alpha value is -2.65. The fraction of sp³-hybridized carbons (Fsp3) is 0.423. The fourth-order valence-corrected chi connectivity index (χ4v) is 5.64. The number of amides is 3. The molecule has 0 aliphatic heterocycles. The van der Waals surface area contributed by atoms with Crippen molar-refractivity contribution >= 4 is 62.7 Å². The van der Waals surface area contributed by atoms with Gasteiger partial charge in [-0.15, -0.1) is 0 Å². The number of nitrogens with two attached hydrogens (primary N) is 1. The van der Waals surface area contributed by atoms with E-state index >= 15 is 0 Å². The molecule has 3 amide bonds. The molecule has 0 aliphatic rings. The van der Waals surface area contributed by atoms with E-state index in [2.05, 4.69) is 10.0 Å². The first kappa shape index (κ1) is 35.5. The van der Waals surface area contributed by atoms with Crippen LogP contribution in [0.2, 0.25) is 15.1 Å². The van der Waals surface area contributed by atoms with Crippen LogP contribution >= 0.6 is 34.8 Å². The zero-order valence-corrected chi connectivity index (χ0v) is 26.2. The SMILES string of the molecule is CCOC(CN(C)C(=O)C(Cc1ccc(Cl)cc1)NC(=O)C(CNS(=O)(=O)c1ccc(Cl)cc1Cl)OC(N)=O)OCC. The quantitative estimate of drug-likeness (QED) is 0.230. The second-order valence-electron chi connectivity index (χ2n) is 8.80. The average Bonchev–Trinajstić information content (AvgIpc) is 2.91. The number of hydrogen-bond donors (Lipinski definition) is 3. The van der Waals surface area contributed by atoms with Crippen LogP contribution in [-0.4, -0.2) is 83.0 Å². The number of sulfonamides is 1. The lowest BCUT2D eigenvalue weighted by molar-refractivity contribution is -0.158. The Morgan fingerprint density at radius 3 is 2.12 bits per heavy atom. The van der Waals surface area contributed by atoms with Gasteiger partial charge in [-0.05, 0) is 49.7 Å². The van der Waals surface area contributed by atoms with Gasteiger partial charge in [0.15, 0.2) is 12.4 Å². The van der Waals surface area contributed by atoms with Crippen LogP contribution in [0.15, 0.2) is 47.4 Å². The molecule has 2 unspecified atom stereocenters. The van der Waals surface area contributed by atoms with Crippen molar-refractivity contribution in [3.63, 3.8) is 0 Å². The average molecular weight is 668 g/mol. The Morgan fingerprint density at radius 1 is 0.976 bits per heavy atom. The predicted octanol–water partition coefficient (Wildman–Crippen LogP) is 2.97. The van der Waals surface area contributed by atoms with Gasteiger partial charge in [0.1, 0.15) is 10.9 Å². The standard InChI is InChI=1S/C26H33Cl3N4O8S/c1-4-39-23(40-5-2)15-33(3)25(35)20(12-16-6-8-17(27)9-7-16)32-24(34)21(41-26(30)36)14-31-42(37,38)22-11-10-18(28)13-19(22)29/h6-11,13,20-21,23,31H,4-5,12,14-15H2,1-3H3,(H2,30,36)(H,32,34). The highest BCUT2D eigenvalue weighted by molar-refractivity contribution is 7.89. The zero-order valence-electron chi connectivity index (χ0n) is 23.1. The van der Waals surface area contributed by atoms with Crippen LogP contribution in [0.4, 0.5) is 4.79 Å². The minimum absolute atomic E-state index is 0.0232. The first-order valence-electron chi connectivity index (χ1n) is 12.7. The predicted molar refractivity (Wildman–Crippen MR) is 158 cm³/mol. The van der Waals surface area contributed by atoms with Gasteiger partial charge in [0.2, 0.25) is 15.9 Å². The number of nitrogens with one attached hydrogen (secondary N) is 2. The summed E-state index contributed by atoms with van der Waals surface area (Å²) in [4.78, 5) is 39.4. The summed E-state index contributed by atoms with van der Waals surface area (Å²) in [5.74, 6) is -1.50. The Labute approximate surface area is 259 Å². The van der Waals surface area contributed by atoms with Gasteiger partial charge in [0.25, 0.3) is 5.91 Å². The lowest BCUT2D eigenvalue weighted by Gasteiger charge is -2.29. The first-order chi connectivity index (χ1) is 19.8. The summed E-state index contributed by atoms with van der Waals surface area (Å²) in [5.41, 5.74) is 5.80. The molecule has 0 aromatic heterocycles. The molecule has 0 radical (unpaired) electrons. The summed E-state index contributed by atoms with van der Waals surface area (Å²) in [5, 5.41) is 3.06. The third-order valence-electron chi connectivity index (χ3n) is 5.66. The Morgan fingerprint density at radius 2 is 1.57 bits per heavy atom. The maximum Gasteiger partial charge on any atom is 0.405 e. The summed E-state index contributed by atoms with van der Waals surface area (Å²) in [6, 6.07) is 9.15. The van der Waals surface area contributed by atoms with Crippen LogP contribution in [0, 0.1) is 0 Å². The van der Waals surface area contributed by atoms with Gasteiger partial charge in [-0.25, -0.2) is 17.9 Å². The van der Waals surface area contributed by atoms with Crippen molar-refractivity contribution in [3.05, 3.63) is 63.1 Å². The van der Waals surface area contributed by atoms with Gasteiger partial charge in [-0.3, -0.25) is 9.59 Å². The van der Waals surface area contributed by atoms with E-state index in [-0.39, 0.29) is 27.9 Å². The maximum atomic E-state index is 13.5. The van der Waals surface area contributed by atoms with Crippen molar-refractivity contribution in [1.82, 2.24) is 14.9 Å². The first-order valence-corrected chi connectivity index (χ1v) is 15.3. The lowest BCUT2D eigenvalue weighted by atomic mass is 10.0. The number of benzene rings is 2. The van der Waals surface area contributed by atoms with Crippen LogP contribution in [0.5, 0.6) is 0 Å². The summed E-state index contributed by atoms with van der Waals surface area (Å²) >= 11 is 17.8. The largest absolute Gasteiger partial charge is 0.435 e. The molecule has 0 aliphatic carbocycles. The van der Waals surface area contributed by atoms with Crippen molar-refractivity contribution in [2.45, 2.75) is 43.6 Å². The molecule has 2 rings (SSSR count). The highest BCUT2D eigenvalue weighted by Gasteiger charge is 2.32. The van der Waals surface area contributed by atoms with Gasteiger partial charge >= 0.3 is 6.09 Å². The monoisotopic (exact) mass is 666 g/mol. The van der Waals surface area contributed by atoms with Crippen LogP contribution < -0.4 is 15.8 Å². The second-order valence-corrected chi connectivity index (χ2v) is 11.8. The third-order valence-corrected chi connectivity index (χ3v) is 8.06. The Bertz CT molecular complexity index is 1330. The molecule has 42 heavy (non-hydrogen) atoms. The molecule has 2 aromatic rings. The van der Waals surface area contributed by atoms with Gasteiger partial charge in [0, 0.05) is 36.7 Å². The Balaban J connectivity index is 2.28. The molecular formula is C26H33Cl3N4O8S. The van der Waals surface area contributed by atoms with Crippen LogP contribution in [0.1, 0.15) is 19.4 Å². The number of primary amides is 1. The number of hydrogen-bond acceptors (Lipinski definition) is 8. The number of rotatable bonds is 16. The fourth-order valence-electron chi connectivity index (χ4n) is 3.71. The molecular weight excluding hydrogens is 635 g/mol. The van der Waals surface area contributed by atoms with Crippen LogP contribution in [-0.2, 0) is 40.2 Å². The molecule has 0 fully saturated rings. The topological polar surface area (TPSA) is 166 Å². The van der Waals surface area contributed by atoms with Gasteiger partial charge in [0.05, 0.1) is 18.1 Å². The molecule has 0 spiro atoms. The number of ether oxygens (including phenoxy) is 3. The highest BCUT2D eigenvalue weighted by Crippen LogP contribution is 2.24. The number of halogens is 3. The summed E-state index contributed by atoms with van der Waals surface area (Å²) in [6.45, 7) is 3.60. The molecule has 0 saturated heterocycles. The Kier molecular flexibility index (Phi) is 14.3. The van der Waals surface area contributed by atoms with E-state index in [0.29, 0.717) is 23.8 Å². The van der Waals surface area contributed by atoms with Crippen molar-refractivity contribution in [3.8, 4) is 0 Å². The number of carbonyl (C=O) groups excluding carboxylic acids is 3. The molecule has 0 saturated carbocycles. The van der Waals surface area contributed by atoms with E-state index in [1.165, 1.54) is 30.1 Å².